The van der Waals surface area contributed by atoms with Crippen molar-refractivity contribution in [3.05, 3.63) is 53.1 Å². The molecule has 3 aliphatic rings. The Hall–Kier alpha value is -2.97. The van der Waals surface area contributed by atoms with E-state index in [0.717, 1.165) is 30.8 Å². The Labute approximate surface area is 164 Å². The molecular weight excluding hydrogens is 385 g/mol. The van der Waals surface area contributed by atoms with Crippen molar-refractivity contribution in [2.24, 2.45) is 0 Å². The minimum atomic E-state index is -1.94. The lowest BCUT2D eigenvalue weighted by atomic mass is 9.84. The number of nitrogens with one attached hydrogen (secondary N) is 1. The van der Waals surface area contributed by atoms with E-state index in [0.29, 0.717) is 12.1 Å². The van der Waals surface area contributed by atoms with E-state index in [1.54, 1.807) is 6.07 Å². The van der Waals surface area contributed by atoms with E-state index in [1.807, 2.05) is 0 Å². The molecule has 2 heterocycles. The zero-order valence-electron chi connectivity index (χ0n) is 15.3. The molecule has 0 saturated heterocycles. The quantitative estimate of drug-likeness (QED) is 0.853. The Morgan fingerprint density at radius 1 is 1.28 bits per heavy atom. The zero-order chi connectivity index (χ0) is 20.4. The molecule has 0 bridgehead atoms. The Kier molecular flexibility index (Phi) is 3.75. The molecule has 1 N–H and O–H groups in total. The van der Waals surface area contributed by atoms with Gasteiger partial charge in [0.05, 0.1) is 12.4 Å². The normalized spacial score (nSPS) is 26.2. The summed E-state index contributed by atoms with van der Waals surface area (Å²) < 4.78 is 40.8. The van der Waals surface area contributed by atoms with Crippen LogP contribution < -0.4 is 5.32 Å². The van der Waals surface area contributed by atoms with Crippen molar-refractivity contribution in [1.29, 1.82) is 0 Å². The highest BCUT2D eigenvalue weighted by molar-refractivity contribution is 6.01. The molecule has 29 heavy (non-hydrogen) atoms. The highest BCUT2D eigenvalue weighted by Gasteiger charge is 2.59. The number of fused-ring (bicyclic) bond motifs is 2. The maximum atomic E-state index is 14.5. The van der Waals surface area contributed by atoms with Crippen LogP contribution in [0.4, 0.5) is 19.1 Å². The van der Waals surface area contributed by atoms with Gasteiger partial charge in [-0.1, -0.05) is 12.1 Å². The third-order valence-corrected chi connectivity index (χ3v) is 5.95. The minimum absolute atomic E-state index is 0.0505. The molecule has 1 spiro atoms. The van der Waals surface area contributed by atoms with Gasteiger partial charge >= 0.3 is 0 Å². The van der Waals surface area contributed by atoms with Crippen LogP contribution in [0.15, 0.2) is 30.6 Å². The second-order valence-corrected chi connectivity index (χ2v) is 8.01. The van der Waals surface area contributed by atoms with Crippen molar-refractivity contribution < 1.29 is 22.8 Å². The first-order valence-electron chi connectivity index (χ1n) is 9.35. The standard InChI is InChI=1S/C20H17F3N4O2/c21-12-7-24-18(25-8-12)26-16(28)9-27-10-19(3-4-19)14-5-11(20(23)6-15(20)22)1-2-13(14)17(27)29/h1-2,5,7-8,15H,3-4,6,9-10H2,(H,24,25,26,28)/t15-,20-/m0/s1. The molecule has 5 rings (SSSR count). The predicted molar refractivity (Wildman–Crippen MR) is 96.2 cm³/mol. The average molecular weight is 402 g/mol. The van der Waals surface area contributed by atoms with Crippen molar-refractivity contribution in [3.8, 4) is 0 Å². The number of carbonyl (C=O) groups is 2. The van der Waals surface area contributed by atoms with Crippen molar-refractivity contribution >= 4 is 17.8 Å². The molecule has 150 valence electrons. The molecule has 1 aromatic carbocycles. The summed E-state index contributed by atoms with van der Waals surface area (Å²) in [5.74, 6) is -1.51. The lowest BCUT2D eigenvalue weighted by Crippen LogP contribution is -2.47. The van der Waals surface area contributed by atoms with Crippen LogP contribution in [0.5, 0.6) is 0 Å². The zero-order valence-corrected chi connectivity index (χ0v) is 15.3. The smallest absolute Gasteiger partial charge is 0.254 e. The molecule has 2 atom stereocenters. The van der Waals surface area contributed by atoms with E-state index in [4.69, 9.17) is 0 Å². The van der Waals surface area contributed by atoms with Crippen LogP contribution in [0.3, 0.4) is 0 Å². The Bertz CT molecular complexity index is 1020. The number of hydrogen-bond acceptors (Lipinski definition) is 4. The van der Waals surface area contributed by atoms with E-state index >= 15 is 0 Å². The van der Waals surface area contributed by atoms with Crippen molar-refractivity contribution in [2.45, 2.75) is 36.5 Å². The molecular formula is C20H17F3N4O2. The van der Waals surface area contributed by atoms with Gasteiger partial charge in [-0.3, -0.25) is 14.9 Å². The predicted octanol–water partition coefficient (Wildman–Crippen LogP) is 2.65. The minimum Gasteiger partial charge on any atom is -0.328 e. The van der Waals surface area contributed by atoms with E-state index in [9.17, 15) is 22.8 Å². The summed E-state index contributed by atoms with van der Waals surface area (Å²) in [4.78, 5) is 34.0. The first kappa shape index (κ1) is 18.1. The Morgan fingerprint density at radius 3 is 2.59 bits per heavy atom. The summed E-state index contributed by atoms with van der Waals surface area (Å²) >= 11 is 0. The summed E-state index contributed by atoms with van der Waals surface area (Å²) in [6, 6.07) is 4.62. The fraction of sp³-hybridized carbons (Fsp3) is 0.400. The van der Waals surface area contributed by atoms with E-state index in [2.05, 4.69) is 15.3 Å². The number of carbonyl (C=O) groups excluding carboxylic acids is 2. The van der Waals surface area contributed by atoms with Crippen LogP contribution in [0.1, 0.15) is 40.7 Å². The summed E-state index contributed by atoms with van der Waals surface area (Å²) in [6.07, 6.45) is 1.85. The molecule has 0 radical (unpaired) electrons. The van der Waals surface area contributed by atoms with E-state index < -0.39 is 23.6 Å². The summed E-state index contributed by atoms with van der Waals surface area (Å²) in [7, 11) is 0. The van der Waals surface area contributed by atoms with Crippen LogP contribution in [-0.4, -0.2) is 45.9 Å². The molecule has 2 aromatic rings. The lowest BCUT2D eigenvalue weighted by molar-refractivity contribution is -0.117. The Morgan fingerprint density at radius 2 is 1.97 bits per heavy atom. The highest BCUT2D eigenvalue weighted by Crippen LogP contribution is 2.56. The highest BCUT2D eigenvalue weighted by atomic mass is 19.2. The molecule has 1 aliphatic heterocycles. The van der Waals surface area contributed by atoms with Crippen LogP contribution in [0.2, 0.25) is 0 Å². The fourth-order valence-electron chi connectivity index (χ4n) is 4.04. The molecule has 2 amide bonds. The van der Waals surface area contributed by atoms with Gasteiger partial charge in [0, 0.05) is 23.9 Å². The molecule has 2 saturated carbocycles. The van der Waals surface area contributed by atoms with Gasteiger partial charge in [0.2, 0.25) is 11.9 Å². The van der Waals surface area contributed by atoms with Crippen molar-refractivity contribution in [2.75, 3.05) is 18.4 Å². The first-order chi connectivity index (χ1) is 13.8. The molecule has 1 aromatic heterocycles. The monoisotopic (exact) mass is 402 g/mol. The number of nitrogens with zero attached hydrogens (tertiary/aromatic N) is 3. The van der Waals surface area contributed by atoms with Gasteiger partial charge in [-0.15, -0.1) is 0 Å². The molecule has 2 fully saturated rings. The summed E-state index contributed by atoms with van der Waals surface area (Å²) in [5, 5.41) is 2.44. The largest absolute Gasteiger partial charge is 0.328 e. The number of aromatic nitrogens is 2. The number of hydrogen-bond donors (Lipinski definition) is 1. The van der Waals surface area contributed by atoms with Crippen LogP contribution in [0, 0.1) is 5.82 Å². The van der Waals surface area contributed by atoms with E-state index in [-0.39, 0.29) is 35.8 Å². The number of rotatable bonds is 4. The van der Waals surface area contributed by atoms with Crippen molar-refractivity contribution in [1.82, 2.24) is 14.9 Å². The summed E-state index contributed by atoms with van der Waals surface area (Å²) in [6.45, 7) is 0.125. The second kappa shape index (κ2) is 6.01. The lowest BCUT2D eigenvalue weighted by Gasteiger charge is -2.34. The third-order valence-electron chi connectivity index (χ3n) is 5.95. The second-order valence-electron chi connectivity index (χ2n) is 8.01. The fourth-order valence-corrected chi connectivity index (χ4v) is 4.04. The van der Waals surface area contributed by atoms with Crippen LogP contribution in [0.25, 0.3) is 0 Å². The number of anilines is 1. The first-order valence-corrected chi connectivity index (χ1v) is 9.35. The molecule has 2 aliphatic carbocycles. The third kappa shape index (κ3) is 2.95. The van der Waals surface area contributed by atoms with Gasteiger partial charge < -0.3 is 4.90 Å². The topological polar surface area (TPSA) is 75.2 Å². The van der Waals surface area contributed by atoms with Crippen molar-refractivity contribution in [3.63, 3.8) is 0 Å². The van der Waals surface area contributed by atoms with Gasteiger partial charge in [-0.05, 0) is 30.0 Å². The van der Waals surface area contributed by atoms with Crippen LogP contribution >= 0.6 is 0 Å². The van der Waals surface area contributed by atoms with Gasteiger partial charge in [-0.25, -0.2) is 23.1 Å². The van der Waals surface area contributed by atoms with E-state index in [1.165, 1.54) is 17.0 Å². The van der Waals surface area contributed by atoms with Gasteiger partial charge in [-0.2, -0.15) is 0 Å². The maximum absolute atomic E-state index is 14.5. The number of amides is 2. The maximum Gasteiger partial charge on any atom is 0.254 e. The van der Waals surface area contributed by atoms with Gasteiger partial charge in [0.1, 0.15) is 12.7 Å². The summed E-state index contributed by atoms with van der Waals surface area (Å²) in [5.41, 5.74) is -0.816. The molecule has 0 unspecified atom stereocenters. The van der Waals surface area contributed by atoms with Crippen LogP contribution in [-0.2, 0) is 15.9 Å². The Balaban J connectivity index is 1.36. The molecule has 9 heteroatoms. The number of alkyl halides is 2. The molecule has 6 nitrogen and oxygen atoms in total. The van der Waals surface area contributed by atoms with Gasteiger partial charge in [0.25, 0.3) is 5.91 Å². The SMILES string of the molecule is O=C(CN1CC2(CC2)c2cc([C@@]3(F)C[C@@H]3F)ccc2C1=O)Nc1ncc(F)cn1. The van der Waals surface area contributed by atoms with Gasteiger partial charge in [0.15, 0.2) is 11.5 Å². The number of benzene rings is 1. The average Bonchev–Trinajstić information content (AvgIpc) is 3.60. The number of halogens is 3.